The van der Waals surface area contributed by atoms with E-state index in [9.17, 15) is 0 Å². The van der Waals surface area contributed by atoms with Crippen molar-refractivity contribution in [2.75, 3.05) is 20.1 Å². The highest BCUT2D eigenvalue weighted by atomic mass is 16.7. The van der Waals surface area contributed by atoms with E-state index in [4.69, 9.17) is 18.2 Å². The van der Waals surface area contributed by atoms with Crippen LogP contribution in [0.1, 0.15) is 31.8 Å². The van der Waals surface area contributed by atoms with E-state index < -0.39 is 25.3 Å². The fourth-order valence-corrected chi connectivity index (χ4v) is 1.63. The van der Waals surface area contributed by atoms with Crippen LogP contribution in [0.3, 0.4) is 0 Å². The highest BCUT2D eigenvalue weighted by molar-refractivity contribution is 6.54. The zero-order valence-corrected chi connectivity index (χ0v) is 10.2. The summed E-state index contributed by atoms with van der Waals surface area (Å²) in [5.41, 5.74) is -0.586. The maximum absolute atomic E-state index is 7.57. The largest absolute Gasteiger partial charge is 0.515 e. The molecule has 2 aliphatic rings. The van der Waals surface area contributed by atoms with Crippen molar-refractivity contribution in [1.29, 1.82) is 0 Å². The van der Waals surface area contributed by atoms with Crippen molar-refractivity contribution in [2.24, 2.45) is 0 Å². The van der Waals surface area contributed by atoms with Crippen LogP contribution < -0.4 is 0 Å². The summed E-state index contributed by atoms with van der Waals surface area (Å²) in [6.07, 6.45) is 1.43. The Balaban J connectivity index is 2.25. The van der Waals surface area contributed by atoms with Gasteiger partial charge in [-0.3, -0.25) is 0 Å². The average Bonchev–Trinajstić information content (AvgIpc) is 2.47. The van der Waals surface area contributed by atoms with Crippen LogP contribution in [0.4, 0.5) is 0 Å². The SMILES string of the molecule is [2H]C([2H])([2H])N1CCOC=C1B1OC(C)(C)C(C)(C)O1. The quantitative estimate of drug-likeness (QED) is 0.635. The third-order valence-electron chi connectivity index (χ3n) is 3.44. The standard InChI is InChI=1S/C11H20BNO3/c1-10(2)11(3,4)16-12(15-10)9-8-14-7-6-13(9)5/h8H,6-7H2,1-5H3/i5D3. The second-order valence-electron chi connectivity index (χ2n) is 5.15. The van der Waals surface area contributed by atoms with Crippen LogP contribution in [0, 0.1) is 0 Å². The first kappa shape index (κ1) is 8.42. The third-order valence-corrected chi connectivity index (χ3v) is 3.44. The zero-order valence-electron chi connectivity index (χ0n) is 13.2. The average molecular weight is 228 g/mol. The molecule has 0 bridgehead atoms. The minimum atomic E-state index is -2.22. The van der Waals surface area contributed by atoms with E-state index >= 15 is 0 Å². The molecule has 0 aromatic carbocycles. The van der Waals surface area contributed by atoms with Crippen LogP contribution >= 0.6 is 0 Å². The zero-order chi connectivity index (χ0) is 14.5. The fraction of sp³-hybridized carbons (Fsp3) is 0.818. The van der Waals surface area contributed by atoms with E-state index in [1.165, 1.54) is 11.2 Å². The van der Waals surface area contributed by atoms with Crippen LogP contribution in [0.25, 0.3) is 0 Å². The molecular formula is C11H20BNO3. The van der Waals surface area contributed by atoms with Gasteiger partial charge < -0.3 is 18.9 Å². The molecule has 0 saturated carbocycles. The number of hydrogen-bond donors (Lipinski definition) is 0. The van der Waals surface area contributed by atoms with Crippen LogP contribution in [0.5, 0.6) is 0 Å². The Bertz CT molecular complexity index is 379. The maximum Gasteiger partial charge on any atom is 0.515 e. The summed E-state index contributed by atoms with van der Waals surface area (Å²) in [5, 5.41) is 0. The van der Waals surface area contributed by atoms with E-state index in [0.29, 0.717) is 18.7 Å². The highest BCUT2D eigenvalue weighted by Crippen LogP contribution is 2.39. The molecule has 1 fully saturated rings. The molecule has 0 aliphatic carbocycles. The predicted molar refractivity (Wildman–Crippen MR) is 62.7 cm³/mol. The molecular weight excluding hydrogens is 205 g/mol. The van der Waals surface area contributed by atoms with E-state index in [1.54, 1.807) is 0 Å². The monoisotopic (exact) mass is 228 g/mol. The van der Waals surface area contributed by atoms with E-state index in [-0.39, 0.29) is 0 Å². The lowest BCUT2D eigenvalue weighted by atomic mass is 9.84. The van der Waals surface area contributed by atoms with Gasteiger partial charge in [0, 0.05) is 11.1 Å². The lowest BCUT2D eigenvalue weighted by Gasteiger charge is -2.32. The van der Waals surface area contributed by atoms with E-state index in [1.807, 2.05) is 27.7 Å². The first-order valence-electron chi connectivity index (χ1n) is 6.99. The predicted octanol–water partition coefficient (Wildman–Crippen LogP) is 1.42. The van der Waals surface area contributed by atoms with Gasteiger partial charge in [0.1, 0.15) is 6.61 Å². The lowest BCUT2D eigenvalue weighted by Crippen LogP contribution is -2.41. The van der Waals surface area contributed by atoms with Crippen molar-refractivity contribution in [2.45, 2.75) is 38.9 Å². The summed E-state index contributed by atoms with van der Waals surface area (Å²) < 4.78 is 39.7. The molecule has 4 nitrogen and oxygen atoms in total. The van der Waals surface area contributed by atoms with Crippen molar-refractivity contribution >= 4 is 7.12 Å². The van der Waals surface area contributed by atoms with Gasteiger partial charge in [0.05, 0.1) is 29.6 Å². The van der Waals surface area contributed by atoms with Crippen LogP contribution in [0.15, 0.2) is 11.9 Å². The number of likely N-dealkylation sites (N-methyl/N-ethyl adjacent to an activating group) is 1. The minimum absolute atomic E-state index is 0.298. The van der Waals surface area contributed by atoms with Crippen LogP contribution in [-0.2, 0) is 14.0 Å². The summed E-state index contributed by atoms with van der Waals surface area (Å²) in [6.45, 7) is 6.13. The summed E-state index contributed by atoms with van der Waals surface area (Å²) in [5.74, 6) is 0. The Kier molecular flexibility index (Phi) is 1.93. The van der Waals surface area contributed by atoms with Crippen molar-refractivity contribution in [3.8, 4) is 0 Å². The molecule has 0 amide bonds. The number of nitrogens with zero attached hydrogens (tertiary/aromatic N) is 1. The van der Waals surface area contributed by atoms with E-state index in [2.05, 4.69) is 0 Å². The molecule has 0 atom stereocenters. The van der Waals surface area contributed by atoms with Gasteiger partial charge in [-0.2, -0.15) is 0 Å². The molecule has 2 heterocycles. The molecule has 0 aromatic rings. The topological polar surface area (TPSA) is 30.9 Å². The van der Waals surface area contributed by atoms with Gasteiger partial charge in [-0.15, -0.1) is 0 Å². The van der Waals surface area contributed by atoms with Crippen molar-refractivity contribution < 1.29 is 18.2 Å². The van der Waals surface area contributed by atoms with Gasteiger partial charge in [-0.1, -0.05) is 0 Å². The Hall–Kier alpha value is -0.675. The molecule has 2 aliphatic heterocycles. The van der Waals surface area contributed by atoms with Crippen molar-refractivity contribution in [3.63, 3.8) is 0 Å². The van der Waals surface area contributed by atoms with E-state index in [0.717, 1.165) is 0 Å². The minimum Gasteiger partial charge on any atom is -0.498 e. The Morgan fingerprint density at radius 2 is 1.94 bits per heavy atom. The van der Waals surface area contributed by atoms with Crippen molar-refractivity contribution in [3.05, 3.63) is 11.9 Å². The van der Waals surface area contributed by atoms with Gasteiger partial charge in [-0.05, 0) is 27.7 Å². The van der Waals surface area contributed by atoms with Gasteiger partial charge >= 0.3 is 7.12 Å². The molecule has 0 spiro atoms. The number of rotatable bonds is 1. The van der Waals surface area contributed by atoms with Gasteiger partial charge in [-0.25, -0.2) is 0 Å². The summed E-state index contributed by atoms with van der Waals surface area (Å²) in [7, 11) is -0.717. The molecule has 1 saturated heterocycles. The Morgan fingerprint density at radius 1 is 1.31 bits per heavy atom. The number of ether oxygens (including phenoxy) is 1. The summed E-state index contributed by atoms with van der Waals surface area (Å²) >= 11 is 0. The van der Waals surface area contributed by atoms with Crippen LogP contribution in [0.2, 0.25) is 0 Å². The first-order chi connectivity index (χ1) is 8.55. The normalized spacial score (nSPS) is 31.2. The third kappa shape index (κ3) is 1.82. The highest BCUT2D eigenvalue weighted by Gasteiger charge is 2.53. The van der Waals surface area contributed by atoms with Gasteiger partial charge in [0.25, 0.3) is 0 Å². The molecule has 0 radical (unpaired) electrons. The smallest absolute Gasteiger partial charge is 0.498 e. The molecule has 2 rings (SSSR count). The molecule has 90 valence electrons. The molecule has 0 aromatic heterocycles. The van der Waals surface area contributed by atoms with Crippen molar-refractivity contribution in [1.82, 2.24) is 4.90 Å². The van der Waals surface area contributed by atoms with Gasteiger partial charge in [0.2, 0.25) is 0 Å². The second-order valence-corrected chi connectivity index (χ2v) is 5.15. The molecule has 0 N–H and O–H groups in total. The summed E-state index contributed by atoms with van der Waals surface area (Å²) in [6, 6.07) is 0. The maximum atomic E-state index is 7.57. The Labute approximate surface area is 102 Å². The lowest BCUT2D eigenvalue weighted by molar-refractivity contribution is 0.00578. The second kappa shape index (κ2) is 3.67. The molecule has 0 unspecified atom stereocenters. The summed E-state index contributed by atoms with van der Waals surface area (Å²) in [4.78, 5) is 1.30. The molecule has 5 heteroatoms. The Morgan fingerprint density at radius 3 is 2.50 bits per heavy atom. The van der Waals surface area contributed by atoms with Gasteiger partial charge in [0.15, 0.2) is 0 Å². The first-order valence-corrected chi connectivity index (χ1v) is 5.49. The molecule has 16 heavy (non-hydrogen) atoms. The van der Waals surface area contributed by atoms with Crippen LogP contribution in [-0.4, -0.2) is 43.3 Å². The fourth-order valence-electron chi connectivity index (χ4n) is 1.63. The number of hydrogen-bond acceptors (Lipinski definition) is 4.